The van der Waals surface area contributed by atoms with Crippen LogP contribution >= 0.6 is 0 Å². The van der Waals surface area contributed by atoms with Gasteiger partial charge in [-0.25, -0.2) is 0 Å². The monoisotopic (exact) mass is 258 g/mol. The largest absolute Gasteiger partial charge is 0.347 e. The average molecular weight is 258 g/mol. The molecule has 1 aromatic carbocycles. The molecule has 0 fully saturated rings. The first-order valence-electron chi connectivity index (χ1n) is 5.79. The van der Waals surface area contributed by atoms with Crippen LogP contribution in [0.1, 0.15) is 6.92 Å². The Morgan fingerprint density at radius 1 is 1.21 bits per heavy atom. The highest BCUT2D eigenvalue weighted by Crippen LogP contribution is 2.18. The van der Waals surface area contributed by atoms with Crippen LogP contribution in [0.3, 0.4) is 0 Å². The Morgan fingerprint density at radius 2 is 1.95 bits per heavy atom. The van der Waals surface area contributed by atoms with Crippen LogP contribution in [0.5, 0.6) is 0 Å². The molecular formula is C13H14N4O2. The highest BCUT2D eigenvalue weighted by atomic mass is 16.2. The minimum atomic E-state index is -0.260. The van der Waals surface area contributed by atoms with Crippen molar-refractivity contribution in [1.82, 2.24) is 15.5 Å². The molecular weight excluding hydrogens is 244 g/mol. The normalized spacial score (nSPS) is 9.95. The van der Waals surface area contributed by atoms with E-state index in [0.29, 0.717) is 5.69 Å². The van der Waals surface area contributed by atoms with E-state index in [1.165, 1.54) is 6.92 Å². The third-order valence-corrected chi connectivity index (χ3v) is 2.48. The Hall–Kier alpha value is -2.63. The molecule has 2 amide bonds. The van der Waals surface area contributed by atoms with Gasteiger partial charge in [-0.3, -0.25) is 14.7 Å². The van der Waals surface area contributed by atoms with Crippen LogP contribution in [0.25, 0.3) is 11.3 Å². The van der Waals surface area contributed by atoms with E-state index in [1.54, 1.807) is 18.3 Å². The van der Waals surface area contributed by atoms with Crippen molar-refractivity contribution in [2.75, 3.05) is 11.9 Å². The zero-order valence-corrected chi connectivity index (χ0v) is 10.4. The molecule has 0 aliphatic rings. The van der Waals surface area contributed by atoms with E-state index in [9.17, 15) is 9.59 Å². The predicted molar refractivity (Wildman–Crippen MR) is 71.3 cm³/mol. The van der Waals surface area contributed by atoms with Crippen molar-refractivity contribution in [2.24, 2.45) is 0 Å². The third-order valence-electron chi connectivity index (χ3n) is 2.48. The molecule has 2 rings (SSSR count). The fourth-order valence-electron chi connectivity index (χ4n) is 1.56. The van der Waals surface area contributed by atoms with Crippen LogP contribution < -0.4 is 10.6 Å². The van der Waals surface area contributed by atoms with E-state index in [0.717, 1.165) is 11.3 Å². The summed E-state index contributed by atoms with van der Waals surface area (Å²) in [5.74, 6) is -0.491. The van der Waals surface area contributed by atoms with Gasteiger partial charge in [0.2, 0.25) is 11.8 Å². The smallest absolute Gasteiger partial charge is 0.243 e. The number of nitrogens with one attached hydrogen (secondary N) is 3. The molecule has 98 valence electrons. The summed E-state index contributed by atoms with van der Waals surface area (Å²) in [6, 6.07) is 9.21. The molecule has 0 saturated carbocycles. The number of hydrogen-bond donors (Lipinski definition) is 3. The summed E-state index contributed by atoms with van der Waals surface area (Å²) in [6.07, 6.45) is 1.68. The number of anilines is 1. The molecule has 2 aromatic rings. The van der Waals surface area contributed by atoms with Crippen molar-refractivity contribution < 1.29 is 9.59 Å². The predicted octanol–water partition coefficient (Wildman–Crippen LogP) is 1.15. The molecule has 6 heteroatoms. The van der Waals surface area contributed by atoms with Gasteiger partial charge in [0.25, 0.3) is 0 Å². The summed E-state index contributed by atoms with van der Waals surface area (Å²) in [5, 5.41) is 11.9. The fourth-order valence-corrected chi connectivity index (χ4v) is 1.56. The maximum Gasteiger partial charge on any atom is 0.243 e. The maximum atomic E-state index is 11.5. The third kappa shape index (κ3) is 3.67. The van der Waals surface area contributed by atoms with Crippen molar-refractivity contribution >= 4 is 17.5 Å². The summed E-state index contributed by atoms with van der Waals surface area (Å²) < 4.78 is 0. The molecule has 19 heavy (non-hydrogen) atoms. The number of carbonyl (C=O) groups excluding carboxylic acids is 2. The zero-order valence-electron chi connectivity index (χ0n) is 10.4. The van der Waals surface area contributed by atoms with Gasteiger partial charge in [0.15, 0.2) is 0 Å². The Labute approximate surface area is 110 Å². The lowest BCUT2D eigenvalue weighted by Gasteiger charge is -2.06. The molecule has 0 spiro atoms. The number of aromatic amines is 1. The van der Waals surface area contributed by atoms with Gasteiger partial charge in [0.1, 0.15) is 0 Å². The van der Waals surface area contributed by atoms with E-state index < -0.39 is 0 Å². The second kappa shape index (κ2) is 5.81. The van der Waals surface area contributed by atoms with Gasteiger partial charge in [0, 0.05) is 18.8 Å². The summed E-state index contributed by atoms with van der Waals surface area (Å²) >= 11 is 0. The molecule has 0 saturated heterocycles. The molecule has 1 aromatic heterocycles. The summed E-state index contributed by atoms with van der Waals surface area (Å²) in [6.45, 7) is 1.34. The summed E-state index contributed by atoms with van der Waals surface area (Å²) in [5.41, 5.74) is 2.58. The number of H-pyrrole nitrogens is 1. The summed E-state index contributed by atoms with van der Waals surface area (Å²) in [4.78, 5) is 22.2. The van der Waals surface area contributed by atoms with Crippen LogP contribution in [0.2, 0.25) is 0 Å². The zero-order chi connectivity index (χ0) is 13.7. The second-order valence-corrected chi connectivity index (χ2v) is 4.01. The van der Waals surface area contributed by atoms with Crippen molar-refractivity contribution in [3.8, 4) is 11.3 Å². The fraction of sp³-hybridized carbons (Fsp3) is 0.154. The molecule has 0 unspecified atom stereocenters. The lowest BCUT2D eigenvalue weighted by molar-refractivity contribution is -0.122. The standard InChI is InChI=1S/C13H14N4O2/c1-9(18)14-8-13(19)16-11-4-2-10(3-5-11)12-6-7-15-17-12/h2-7H,8H2,1H3,(H,14,18)(H,15,17)(H,16,19). The maximum absolute atomic E-state index is 11.5. The Morgan fingerprint density at radius 3 is 2.53 bits per heavy atom. The van der Waals surface area contributed by atoms with Crippen molar-refractivity contribution in [2.45, 2.75) is 6.92 Å². The molecule has 0 radical (unpaired) electrons. The van der Waals surface area contributed by atoms with E-state index in [4.69, 9.17) is 0 Å². The minimum Gasteiger partial charge on any atom is -0.347 e. The van der Waals surface area contributed by atoms with Gasteiger partial charge in [0.05, 0.1) is 12.2 Å². The number of amides is 2. The average Bonchev–Trinajstić information content (AvgIpc) is 2.91. The van der Waals surface area contributed by atoms with Gasteiger partial charge in [-0.1, -0.05) is 12.1 Å². The van der Waals surface area contributed by atoms with Crippen LogP contribution in [-0.2, 0) is 9.59 Å². The molecule has 6 nitrogen and oxygen atoms in total. The quantitative estimate of drug-likeness (QED) is 0.768. The number of aromatic nitrogens is 2. The molecule has 1 heterocycles. The Kier molecular flexibility index (Phi) is 3.92. The molecule has 0 aliphatic carbocycles. The summed E-state index contributed by atoms with van der Waals surface area (Å²) in [7, 11) is 0. The van der Waals surface area contributed by atoms with Crippen LogP contribution in [0.4, 0.5) is 5.69 Å². The highest BCUT2D eigenvalue weighted by molar-refractivity contribution is 5.94. The lowest BCUT2D eigenvalue weighted by Crippen LogP contribution is -2.31. The number of hydrogen-bond acceptors (Lipinski definition) is 3. The number of carbonyl (C=O) groups is 2. The Bertz CT molecular complexity index is 561. The van der Waals surface area contributed by atoms with Gasteiger partial charge in [-0.2, -0.15) is 5.10 Å². The second-order valence-electron chi connectivity index (χ2n) is 4.01. The van der Waals surface area contributed by atoms with E-state index in [-0.39, 0.29) is 18.4 Å². The highest BCUT2D eigenvalue weighted by Gasteiger charge is 2.04. The van der Waals surface area contributed by atoms with E-state index >= 15 is 0 Å². The first-order chi connectivity index (χ1) is 9.15. The van der Waals surface area contributed by atoms with E-state index in [2.05, 4.69) is 20.8 Å². The SMILES string of the molecule is CC(=O)NCC(=O)Nc1ccc(-c2ccn[nH]2)cc1. The number of benzene rings is 1. The van der Waals surface area contributed by atoms with Crippen LogP contribution in [0, 0.1) is 0 Å². The van der Waals surface area contributed by atoms with Crippen molar-refractivity contribution in [3.05, 3.63) is 36.5 Å². The van der Waals surface area contributed by atoms with Gasteiger partial charge < -0.3 is 10.6 Å². The first-order valence-corrected chi connectivity index (χ1v) is 5.79. The van der Waals surface area contributed by atoms with E-state index in [1.807, 2.05) is 18.2 Å². The minimum absolute atomic E-state index is 0.0301. The topological polar surface area (TPSA) is 86.9 Å². The number of rotatable bonds is 4. The first kappa shape index (κ1) is 12.8. The van der Waals surface area contributed by atoms with Gasteiger partial charge in [-0.05, 0) is 23.8 Å². The number of nitrogens with zero attached hydrogens (tertiary/aromatic N) is 1. The van der Waals surface area contributed by atoms with Crippen LogP contribution in [-0.4, -0.2) is 28.6 Å². The van der Waals surface area contributed by atoms with Gasteiger partial charge >= 0.3 is 0 Å². The molecule has 3 N–H and O–H groups in total. The van der Waals surface area contributed by atoms with Crippen molar-refractivity contribution in [1.29, 1.82) is 0 Å². The van der Waals surface area contributed by atoms with Crippen LogP contribution in [0.15, 0.2) is 36.5 Å². The van der Waals surface area contributed by atoms with Crippen molar-refractivity contribution in [3.63, 3.8) is 0 Å². The molecule has 0 atom stereocenters. The Balaban J connectivity index is 1.95. The lowest BCUT2D eigenvalue weighted by atomic mass is 10.1. The molecule has 0 bridgehead atoms. The molecule has 0 aliphatic heterocycles. The van der Waals surface area contributed by atoms with Gasteiger partial charge in [-0.15, -0.1) is 0 Å².